The first-order valence-corrected chi connectivity index (χ1v) is 35.5. The van der Waals surface area contributed by atoms with Crippen molar-refractivity contribution in [3.8, 4) is 0 Å². The van der Waals surface area contributed by atoms with Gasteiger partial charge in [-0.15, -0.1) is 0 Å². The lowest BCUT2D eigenvalue weighted by molar-refractivity contribution is -0.944. The molecule has 1 nitrogen and oxygen atoms in total. The molecule has 0 saturated heterocycles. The minimum absolute atomic E-state index is 0.533. The Morgan fingerprint density at radius 2 is 0.613 bits per heavy atom. The Labute approximate surface area is 474 Å². The molecule has 1 aromatic rings. The number of allylic oxidation sites excluding steroid dienone is 3. The van der Waals surface area contributed by atoms with E-state index in [1.165, 1.54) is 358 Å². The summed E-state index contributed by atoms with van der Waals surface area (Å²) in [6.07, 6.45) is 76.3. The van der Waals surface area contributed by atoms with Crippen molar-refractivity contribution in [2.75, 3.05) is 6.54 Å². The van der Waals surface area contributed by atoms with Gasteiger partial charge in [-0.3, -0.25) is 4.48 Å². The van der Waals surface area contributed by atoms with Crippen molar-refractivity contribution in [3.63, 3.8) is 0 Å². The highest BCUT2D eigenvalue weighted by Gasteiger charge is 2.52. The lowest BCUT2D eigenvalue weighted by Gasteiger charge is -2.55. The van der Waals surface area contributed by atoms with E-state index >= 15 is 0 Å². The van der Waals surface area contributed by atoms with Crippen LogP contribution in [0.25, 0.3) is 0 Å². The van der Waals surface area contributed by atoms with Gasteiger partial charge in [0.05, 0.1) is 6.54 Å². The Kier molecular flexibility index (Phi) is 47.3. The molecule has 75 heavy (non-hydrogen) atoms. The summed E-state index contributed by atoms with van der Waals surface area (Å²) < 4.78 is 1.31. The molecule has 0 N–H and O–H groups in total. The maximum atomic E-state index is 2.63. The quantitative estimate of drug-likeness (QED) is 0.0451. The fraction of sp³-hybridized carbons (Fsp3) is 0.865. The normalized spacial score (nSPS) is 16.5. The minimum Gasteiger partial charge on any atom is -0.282 e. The Bertz CT molecular complexity index is 1420. The van der Waals surface area contributed by atoms with E-state index in [1.54, 1.807) is 5.56 Å². The van der Waals surface area contributed by atoms with Crippen LogP contribution >= 0.6 is 0 Å². The maximum absolute atomic E-state index is 2.63. The number of unbranched alkanes of at least 4 members (excludes halogenated alkanes) is 42. The third kappa shape index (κ3) is 31.3. The maximum Gasteiger partial charge on any atom is 0.119 e. The summed E-state index contributed by atoms with van der Waals surface area (Å²) in [4.78, 5) is 0. The van der Waals surface area contributed by atoms with Gasteiger partial charge in [-0.25, -0.2) is 0 Å². The molecule has 3 atom stereocenters. The average molecular weight is 1040 g/mol. The number of rotatable bonds is 57. The zero-order valence-electron chi connectivity index (χ0n) is 52.9. The smallest absolute Gasteiger partial charge is 0.119 e. The molecule has 1 aromatic carbocycles. The molecule has 1 heteroatoms. The van der Waals surface area contributed by atoms with Crippen LogP contribution in [0.5, 0.6) is 0 Å². The van der Waals surface area contributed by atoms with E-state index < -0.39 is 0 Å². The molecule has 438 valence electrons. The van der Waals surface area contributed by atoms with Crippen LogP contribution in [0.4, 0.5) is 0 Å². The fourth-order valence-electron chi connectivity index (χ4n) is 14.1. The number of hydrogen-bond acceptors (Lipinski definition) is 0. The first-order chi connectivity index (χ1) is 37.1. The first-order valence-electron chi connectivity index (χ1n) is 35.5. The lowest BCUT2D eigenvalue weighted by atomic mass is 9.75. The molecule has 0 radical (unpaired) electrons. The van der Waals surface area contributed by atoms with Crippen molar-refractivity contribution in [1.82, 2.24) is 0 Å². The van der Waals surface area contributed by atoms with Crippen LogP contribution in [0.2, 0.25) is 0 Å². The summed E-state index contributed by atoms with van der Waals surface area (Å²) in [7, 11) is 0. The lowest BCUT2D eigenvalue weighted by Crippen LogP contribution is -2.60. The van der Waals surface area contributed by atoms with Crippen LogP contribution in [0.3, 0.4) is 0 Å². The predicted molar refractivity (Wildman–Crippen MR) is 341 cm³/mol. The van der Waals surface area contributed by atoms with Gasteiger partial charge in [-0.2, -0.15) is 0 Å². The highest BCUT2D eigenvalue weighted by atomic mass is 15.4. The second kappa shape index (κ2) is 50.9. The van der Waals surface area contributed by atoms with Crippen LogP contribution in [-0.4, -0.2) is 17.1 Å². The topological polar surface area (TPSA) is 0 Å². The number of hydrogen-bond donors (Lipinski definition) is 0. The summed E-state index contributed by atoms with van der Waals surface area (Å²) in [5, 5.41) is 0. The van der Waals surface area contributed by atoms with Gasteiger partial charge in [-0.1, -0.05) is 342 Å². The van der Waals surface area contributed by atoms with E-state index in [4.69, 9.17) is 0 Å². The minimum atomic E-state index is 0.533. The fourth-order valence-corrected chi connectivity index (χ4v) is 14.1. The summed E-state index contributed by atoms with van der Waals surface area (Å²) in [5.74, 6) is 0. The molecule has 0 aliphatic carbocycles. The predicted octanol–water partition coefficient (Wildman–Crippen LogP) is 26.7. The summed E-state index contributed by atoms with van der Waals surface area (Å²) in [6, 6.07) is 13.5. The van der Waals surface area contributed by atoms with Crippen molar-refractivity contribution >= 4 is 0 Å². The number of nitrogens with zero attached hydrogens (tertiary/aromatic N) is 1. The molecule has 1 heterocycles. The molecule has 2 rings (SSSR count). The molecule has 0 saturated carbocycles. The van der Waals surface area contributed by atoms with E-state index in [9.17, 15) is 0 Å². The zero-order valence-corrected chi connectivity index (χ0v) is 52.9. The largest absolute Gasteiger partial charge is 0.282 e. The highest BCUT2D eigenvalue weighted by molar-refractivity contribution is 5.43. The number of quaternary nitrogens is 1. The van der Waals surface area contributed by atoms with Gasteiger partial charge in [0.25, 0.3) is 0 Å². The number of benzene rings is 1. The Morgan fingerprint density at radius 3 is 0.987 bits per heavy atom. The van der Waals surface area contributed by atoms with E-state index in [0.29, 0.717) is 12.1 Å². The van der Waals surface area contributed by atoms with E-state index in [1.807, 2.05) is 22.4 Å². The first kappa shape index (κ1) is 69.8. The Balaban J connectivity index is 2.93. The van der Waals surface area contributed by atoms with Crippen molar-refractivity contribution in [3.05, 3.63) is 58.3 Å². The molecule has 1 aliphatic rings. The van der Waals surface area contributed by atoms with Gasteiger partial charge in [0.15, 0.2) is 0 Å². The van der Waals surface area contributed by atoms with Crippen LogP contribution in [0.1, 0.15) is 407 Å². The van der Waals surface area contributed by atoms with Crippen molar-refractivity contribution in [2.45, 2.75) is 407 Å². The molecule has 0 bridgehead atoms. The molecular weight excluding hydrogens is 903 g/mol. The van der Waals surface area contributed by atoms with Gasteiger partial charge in [0.2, 0.25) is 0 Å². The molecule has 0 fully saturated rings. The molecular formula is C74H138N+. The molecule has 0 amide bonds. The van der Waals surface area contributed by atoms with Gasteiger partial charge in [-0.05, 0) is 75.4 Å². The van der Waals surface area contributed by atoms with Gasteiger partial charge < -0.3 is 0 Å². The van der Waals surface area contributed by atoms with Gasteiger partial charge in [0, 0.05) is 30.4 Å². The van der Waals surface area contributed by atoms with Gasteiger partial charge in [0.1, 0.15) is 17.8 Å². The van der Waals surface area contributed by atoms with E-state index in [-0.39, 0.29) is 0 Å². The summed E-state index contributed by atoms with van der Waals surface area (Å²) in [6.45, 7) is 18.2. The van der Waals surface area contributed by atoms with E-state index in [2.05, 4.69) is 78.8 Å². The Morgan fingerprint density at radius 1 is 0.307 bits per heavy atom. The second-order valence-corrected chi connectivity index (χ2v) is 25.1. The second-order valence-electron chi connectivity index (χ2n) is 25.1. The zero-order chi connectivity index (χ0) is 54.0. The standard InChI is InChI=1S/C74H138N/c1-8-15-21-27-33-39-45-54-62-69-70(63-55-46-40-34-28-22-16-9-2)73(65-57-48-42-36-30-24-18-11-4)75(67-59-50-44-38-32-26-20-13-6,72(14-7)68-60-52-51-53-61-68)74(66-58-49-43-37-31-25-19-12-5)71(69)64-56-47-41-35-29-23-17-10-3/h51-53,60-61,72-73H,8-50,54-59,62-67H2,1-7H3/q+1. The van der Waals surface area contributed by atoms with Crippen molar-refractivity contribution < 1.29 is 4.48 Å². The van der Waals surface area contributed by atoms with Crippen LogP contribution in [0, 0.1) is 0 Å². The monoisotopic (exact) mass is 1040 g/mol. The highest BCUT2D eigenvalue weighted by Crippen LogP contribution is 2.53. The van der Waals surface area contributed by atoms with Crippen LogP contribution in [0.15, 0.2) is 52.7 Å². The third-order valence-corrected chi connectivity index (χ3v) is 18.5. The van der Waals surface area contributed by atoms with Gasteiger partial charge >= 0.3 is 0 Å². The molecule has 0 aromatic heterocycles. The van der Waals surface area contributed by atoms with Crippen molar-refractivity contribution in [1.29, 1.82) is 0 Å². The molecule has 3 unspecified atom stereocenters. The van der Waals surface area contributed by atoms with Crippen LogP contribution in [-0.2, 0) is 0 Å². The van der Waals surface area contributed by atoms with Crippen molar-refractivity contribution in [2.24, 2.45) is 0 Å². The summed E-state index contributed by atoms with van der Waals surface area (Å²) >= 11 is 0. The Hall–Kier alpha value is -1.34. The molecule has 1 aliphatic heterocycles. The molecule has 0 spiro atoms. The third-order valence-electron chi connectivity index (χ3n) is 18.5. The van der Waals surface area contributed by atoms with Crippen LogP contribution < -0.4 is 0 Å². The summed E-state index contributed by atoms with van der Waals surface area (Å²) in [5.41, 5.74) is 9.61. The SMILES string of the molecule is CCCCCCCCCCC1=C(CCCCCCCCCC)C(CCCCCCCCCC)[N+](CCCCCCCCCC)(C(CC)c2ccccc2)C(CCCCCCCCCC)=C1CCCCCCCCCC. The average Bonchev–Trinajstić information content (AvgIpc) is 3.42. The van der Waals surface area contributed by atoms with E-state index in [0.717, 1.165) is 0 Å².